The van der Waals surface area contributed by atoms with E-state index in [1.165, 1.54) is 0 Å². The van der Waals surface area contributed by atoms with Crippen LogP contribution in [0.25, 0.3) is 0 Å². The van der Waals surface area contributed by atoms with Crippen molar-refractivity contribution in [2.75, 3.05) is 25.1 Å². The molecule has 1 aliphatic heterocycles. The third-order valence-corrected chi connectivity index (χ3v) is 6.28. The molecule has 1 unspecified atom stereocenters. The van der Waals surface area contributed by atoms with Crippen molar-refractivity contribution in [3.8, 4) is 0 Å². The van der Waals surface area contributed by atoms with Gasteiger partial charge in [0.25, 0.3) is 0 Å². The largest absolute Gasteiger partial charge is 0.313 e. The SMILES string of the molecule is CSC1(CNS(=O)(=O)CC2CCCN2)CC1. The van der Waals surface area contributed by atoms with Crippen molar-refractivity contribution in [1.29, 1.82) is 0 Å². The van der Waals surface area contributed by atoms with Crippen LogP contribution in [0.2, 0.25) is 0 Å². The third kappa shape index (κ3) is 3.35. The second-order valence-electron chi connectivity index (χ2n) is 4.78. The monoisotopic (exact) mass is 264 g/mol. The Morgan fingerprint density at radius 2 is 2.25 bits per heavy atom. The van der Waals surface area contributed by atoms with Gasteiger partial charge in [-0.25, -0.2) is 13.1 Å². The third-order valence-electron chi connectivity index (χ3n) is 3.44. The summed E-state index contributed by atoms with van der Waals surface area (Å²) < 4.78 is 26.6. The van der Waals surface area contributed by atoms with Gasteiger partial charge in [-0.15, -0.1) is 0 Å². The van der Waals surface area contributed by atoms with E-state index in [0.29, 0.717) is 6.54 Å². The number of thioether (sulfide) groups is 1. The van der Waals surface area contributed by atoms with Crippen LogP contribution in [0.5, 0.6) is 0 Å². The van der Waals surface area contributed by atoms with Crippen molar-refractivity contribution in [3.05, 3.63) is 0 Å². The van der Waals surface area contributed by atoms with E-state index in [9.17, 15) is 8.42 Å². The van der Waals surface area contributed by atoms with E-state index in [-0.39, 0.29) is 16.5 Å². The standard InChI is InChI=1S/C10H20N2O2S2/c1-15-10(4-5-10)8-12-16(13,14)7-9-3-2-6-11-9/h9,11-12H,2-8H2,1H3. The molecule has 2 fully saturated rings. The molecule has 1 saturated carbocycles. The molecule has 0 aromatic rings. The maximum Gasteiger partial charge on any atom is 0.213 e. The molecule has 2 N–H and O–H groups in total. The average Bonchev–Trinajstić information content (AvgIpc) is 2.87. The molecule has 2 aliphatic rings. The second-order valence-corrected chi connectivity index (χ2v) is 7.91. The normalized spacial score (nSPS) is 28.2. The van der Waals surface area contributed by atoms with Crippen LogP contribution in [0.1, 0.15) is 25.7 Å². The molecular formula is C10H20N2O2S2. The van der Waals surface area contributed by atoms with Crippen LogP contribution in [0.4, 0.5) is 0 Å². The molecule has 0 bridgehead atoms. The first-order valence-corrected chi connectivity index (χ1v) is 8.69. The van der Waals surface area contributed by atoms with Crippen molar-refractivity contribution < 1.29 is 8.42 Å². The number of nitrogens with one attached hydrogen (secondary N) is 2. The highest BCUT2D eigenvalue weighted by molar-refractivity contribution is 8.00. The molecule has 94 valence electrons. The minimum Gasteiger partial charge on any atom is -0.313 e. The Kier molecular flexibility index (Phi) is 3.83. The smallest absolute Gasteiger partial charge is 0.213 e. The Morgan fingerprint density at radius 3 is 2.75 bits per heavy atom. The van der Waals surface area contributed by atoms with Crippen molar-refractivity contribution in [3.63, 3.8) is 0 Å². The van der Waals surface area contributed by atoms with Crippen LogP contribution in [0.3, 0.4) is 0 Å². The lowest BCUT2D eigenvalue weighted by Gasteiger charge is -2.15. The first-order chi connectivity index (χ1) is 7.55. The Hall–Kier alpha value is 0.220. The summed E-state index contributed by atoms with van der Waals surface area (Å²) in [6, 6.07) is 0.155. The molecule has 2 rings (SSSR count). The number of hydrogen-bond donors (Lipinski definition) is 2. The molecule has 0 spiro atoms. The summed E-state index contributed by atoms with van der Waals surface area (Å²) in [7, 11) is -3.09. The van der Waals surface area contributed by atoms with E-state index in [1.54, 1.807) is 11.8 Å². The highest BCUT2D eigenvalue weighted by atomic mass is 32.2. The van der Waals surface area contributed by atoms with E-state index in [2.05, 4.69) is 16.3 Å². The molecule has 0 radical (unpaired) electrons. The van der Waals surface area contributed by atoms with Gasteiger partial charge in [0.1, 0.15) is 0 Å². The van der Waals surface area contributed by atoms with Gasteiger partial charge in [-0.2, -0.15) is 11.8 Å². The fraction of sp³-hybridized carbons (Fsp3) is 1.00. The maximum absolute atomic E-state index is 11.8. The molecule has 1 heterocycles. The van der Waals surface area contributed by atoms with Crippen LogP contribution in [-0.2, 0) is 10.0 Å². The van der Waals surface area contributed by atoms with Gasteiger partial charge in [0.15, 0.2) is 0 Å². The van der Waals surface area contributed by atoms with Gasteiger partial charge in [-0.3, -0.25) is 0 Å². The lowest BCUT2D eigenvalue weighted by Crippen LogP contribution is -2.39. The predicted molar refractivity (Wildman–Crippen MR) is 68.3 cm³/mol. The van der Waals surface area contributed by atoms with Gasteiger partial charge in [0.05, 0.1) is 5.75 Å². The average molecular weight is 264 g/mol. The topological polar surface area (TPSA) is 58.2 Å². The summed E-state index contributed by atoms with van der Waals surface area (Å²) in [6.45, 7) is 1.55. The fourth-order valence-electron chi connectivity index (χ4n) is 2.06. The number of rotatable bonds is 6. The van der Waals surface area contributed by atoms with Crippen molar-refractivity contribution in [1.82, 2.24) is 10.0 Å². The van der Waals surface area contributed by atoms with E-state index < -0.39 is 10.0 Å². The summed E-state index contributed by atoms with van der Waals surface area (Å²) >= 11 is 1.78. The van der Waals surface area contributed by atoms with E-state index >= 15 is 0 Å². The zero-order chi connectivity index (χ0) is 11.6. The Balaban J connectivity index is 1.78. The Labute approximate surface area is 102 Å². The lowest BCUT2D eigenvalue weighted by molar-refractivity contribution is 0.562. The fourth-order valence-corrected chi connectivity index (χ4v) is 4.30. The van der Waals surface area contributed by atoms with Gasteiger partial charge in [0.2, 0.25) is 10.0 Å². The predicted octanol–water partition coefficient (Wildman–Crippen LogP) is 0.553. The highest BCUT2D eigenvalue weighted by Crippen LogP contribution is 2.46. The first-order valence-electron chi connectivity index (χ1n) is 5.81. The zero-order valence-electron chi connectivity index (χ0n) is 9.66. The maximum atomic E-state index is 11.8. The van der Waals surface area contributed by atoms with Crippen molar-refractivity contribution in [2.24, 2.45) is 0 Å². The van der Waals surface area contributed by atoms with Gasteiger partial charge >= 0.3 is 0 Å². The van der Waals surface area contributed by atoms with Gasteiger partial charge in [-0.05, 0) is 38.5 Å². The Morgan fingerprint density at radius 1 is 1.50 bits per heavy atom. The molecule has 1 saturated heterocycles. The zero-order valence-corrected chi connectivity index (χ0v) is 11.3. The van der Waals surface area contributed by atoms with Crippen molar-refractivity contribution >= 4 is 21.8 Å². The number of hydrogen-bond acceptors (Lipinski definition) is 4. The molecule has 1 atom stereocenters. The first kappa shape index (κ1) is 12.7. The van der Waals surface area contributed by atoms with Gasteiger partial charge in [-0.1, -0.05) is 0 Å². The minimum absolute atomic E-state index is 0.155. The quantitative estimate of drug-likeness (QED) is 0.736. The van der Waals surface area contributed by atoms with E-state index in [4.69, 9.17) is 0 Å². The van der Waals surface area contributed by atoms with Crippen LogP contribution in [0, 0.1) is 0 Å². The Bertz CT molecular complexity index is 333. The molecule has 0 aromatic carbocycles. The summed E-state index contributed by atoms with van der Waals surface area (Å²) in [5.41, 5.74) is 0. The second kappa shape index (κ2) is 4.84. The van der Waals surface area contributed by atoms with Crippen molar-refractivity contribution in [2.45, 2.75) is 36.5 Å². The summed E-state index contributed by atoms with van der Waals surface area (Å²) in [5.74, 6) is 0.234. The summed E-state index contributed by atoms with van der Waals surface area (Å²) in [5, 5.41) is 3.22. The van der Waals surface area contributed by atoms with Gasteiger partial charge < -0.3 is 5.32 Å². The van der Waals surface area contributed by atoms with Crippen LogP contribution < -0.4 is 10.0 Å². The molecule has 0 aromatic heterocycles. The molecule has 6 heteroatoms. The molecule has 16 heavy (non-hydrogen) atoms. The van der Waals surface area contributed by atoms with Gasteiger partial charge in [0, 0.05) is 17.3 Å². The minimum atomic E-state index is -3.09. The van der Waals surface area contributed by atoms with Crippen LogP contribution in [-0.4, -0.2) is 44.3 Å². The van der Waals surface area contributed by atoms with E-state index in [1.807, 2.05) is 0 Å². The van der Waals surface area contributed by atoms with E-state index in [0.717, 1.165) is 32.2 Å². The number of sulfonamides is 1. The molecular weight excluding hydrogens is 244 g/mol. The highest BCUT2D eigenvalue weighted by Gasteiger charge is 2.42. The molecule has 1 aliphatic carbocycles. The summed E-state index contributed by atoms with van der Waals surface area (Å²) in [6.07, 6.45) is 6.40. The molecule has 0 amide bonds. The lowest BCUT2D eigenvalue weighted by atomic mass is 10.3. The van der Waals surface area contributed by atoms with Crippen LogP contribution >= 0.6 is 11.8 Å². The summed E-state index contributed by atoms with van der Waals surface area (Å²) in [4.78, 5) is 0. The molecule has 4 nitrogen and oxygen atoms in total. The van der Waals surface area contributed by atoms with Crippen LogP contribution in [0.15, 0.2) is 0 Å².